The van der Waals surface area contributed by atoms with E-state index in [-0.39, 0.29) is 19.3 Å². The first-order chi connectivity index (χ1) is 13.6. The number of carboxylic acids is 2. The Balaban J connectivity index is 4.51. The van der Waals surface area contributed by atoms with Crippen molar-refractivity contribution in [1.29, 1.82) is 0 Å². The quantitative estimate of drug-likeness (QED) is 0.122. The number of aliphatic hydroxyl groups is 1. The lowest BCUT2D eigenvalue weighted by Crippen LogP contribution is -2.54. The number of nitrogens with two attached hydrogens (primary N) is 2. The van der Waals surface area contributed by atoms with Crippen molar-refractivity contribution in [3.8, 4) is 0 Å². The van der Waals surface area contributed by atoms with E-state index in [0.29, 0.717) is 19.4 Å². The van der Waals surface area contributed by atoms with E-state index in [1.54, 1.807) is 0 Å². The van der Waals surface area contributed by atoms with E-state index >= 15 is 0 Å². The number of carbonyl (C=O) groups excluding carboxylic acids is 3. The highest BCUT2D eigenvalue weighted by Crippen LogP contribution is 2.00. The van der Waals surface area contributed by atoms with Crippen molar-refractivity contribution in [1.82, 2.24) is 16.0 Å². The molecule has 0 saturated heterocycles. The zero-order valence-electron chi connectivity index (χ0n) is 15.9. The molecule has 0 spiro atoms. The molecule has 0 bridgehead atoms. The van der Waals surface area contributed by atoms with Crippen LogP contribution in [0.5, 0.6) is 0 Å². The molecule has 3 amide bonds. The van der Waals surface area contributed by atoms with Crippen LogP contribution >= 0.6 is 0 Å². The second kappa shape index (κ2) is 14.3. The van der Waals surface area contributed by atoms with Crippen LogP contribution in [-0.4, -0.2) is 82.8 Å². The lowest BCUT2D eigenvalue weighted by Gasteiger charge is -2.19. The van der Waals surface area contributed by atoms with Gasteiger partial charge >= 0.3 is 11.9 Å². The van der Waals surface area contributed by atoms with Crippen LogP contribution in [0.15, 0.2) is 0 Å². The Kier molecular flexibility index (Phi) is 12.9. The van der Waals surface area contributed by atoms with E-state index in [1.165, 1.54) is 0 Å². The Morgan fingerprint density at radius 1 is 0.897 bits per heavy atom. The Bertz CT molecular complexity index is 586. The number of aliphatic hydroxyl groups excluding tert-OH is 1. The lowest BCUT2D eigenvalue weighted by molar-refractivity contribution is -0.142. The number of carboxylic acid groups (broad SMARTS) is 2. The maximum atomic E-state index is 12.0. The number of unbranched alkanes of at least 4 members (excludes halogenated alkanes) is 1. The summed E-state index contributed by atoms with van der Waals surface area (Å²) in [6, 6.07) is -3.74. The van der Waals surface area contributed by atoms with Crippen molar-refractivity contribution in [3.05, 3.63) is 0 Å². The number of rotatable bonds is 15. The molecule has 0 rings (SSSR count). The normalized spacial score (nSPS) is 13.6. The minimum Gasteiger partial charge on any atom is -0.481 e. The number of hydrogen-bond acceptors (Lipinski definition) is 8. The van der Waals surface area contributed by atoms with Crippen LogP contribution in [0, 0.1) is 0 Å². The van der Waals surface area contributed by atoms with Crippen LogP contribution in [0.3, 0.4) is 0 Å². The molecule has 0 saturated carbocycles. The molecule has 166 valence electrons. The third-order valence-electron chi connectivity index (χ3n) is 3.82. The average molecular weight is 419 g/mol. The molecular weight excluding hydrogens is 390 g/mol. The van der Waals surface area contributed by atoms with Gasteiger partial charge in [-0.15, -0.1) is 0 Å². The fraction of sp³-hybridized carbons (Fsp3) is 0.688. The minimum absolute atomic E-state index is 0.163. The number of nitrogens with one attached hydrogen (secondary N) is 3. The Morgan fingerprint density at radius 2 is 1.55 bits per heavy atom. The van der Waals surface area contributed by atoms with Crippen LogP contribution in [0.2, 0.25) is 0 Å². The van der Waals surface area contributed by atoms with Gasteiger partial charge in [0.15, 0.2) is 0 Å². The highest BCUT2D eigenvalue weighted by atomic mass is 16.4. The molecule has 0 heterocycles. The number of carbonyl (C=O) groups is 5. The van der Waals surface area contributed by atoms with Gasteiger partial charge in [0.25, 0.3) is 0 Å². The molecule has 3 atom stereocenters. The van der Waals surface area contributed by atoms with E-state index in [0.717, 1.165) is 0 Å². The van der Waals surface area contributed by atoms with Crippen LogP contribution in [0.4, 0.5) is 0 Å². The van der Waals surface area contributed by atoms with Gasteiger partial charge in [-0.3, -0.25) is 19.2 Å². The molecule has 0 aliphatic carbocycles. The molecule has 0 aliphatic rings. The molecule has 13 nitrogen and oxygen atoms in total. The first-order valence-electron chi connectivity index (χ1n) is 9.00. The van der Waals surface area contributed by atoms with E-state index in [9.17, 15) is 29.1 Å². The predicted octanol–water partition coefficient (Wildman–Crippen LogP) is -3.53. The summed E-state index contributed by atoms with van der Waals surface area (Å²) in [6.45, 7) is -0.969. The van der Waals surface area contributed by atoms with Crippen LogP contribution in [-0.2, 0) is 24.0 Å². The first kappa shape index (κ1) is 26.2. The largest absolute Gasteiger partial charge is 0.481 e. The molecule has 3 unspecified atom stereocenters. The highest BCUT2D eigenvalue weighted by Gasteiger charge is 2.25. The maximum absolute atomic E-state index is 12.0. The first-order valence-corrected chi connectivity index (χ1v) is 9.00. The van der Waals surface area contributed by atoms with E-state index < -0.39 is 60.9 Å². The number of amides is 3. The molecule has 29 heavy (non-hydrogen) atoms. The van der Waals surface area contributed by atoms with Crippen LogP contribution in [0.25, 0.3) is 0 Å². The topological polar surface area (TPSA) is 234 Å². The van der Waals surface area contributed by atoms with E-state index in [1.807, 2.05) is 0 Å². The molecule has 13 heteroatoms. The van der Waals surface area contributed by atoms with Gasteiger partial charge in [0.05, 0.1) is 19.2 Å². The summed E-state index contributed by atoms with van der Waals surface area (Å²) in [5.41, 5.74) is 10.8. The van der Waals surface area contributed by atoms with Crippen molar-refractivity contribution in [3.63, 3.8) is 0 Å². The number of hydrogen-bond donors (Lipinski definition) is 8. The summed E-state index contributed by atoms with van der Waals surface area (Å²) in [6.07, 6.45) is 0.768. The summed E-state index contributed by atoms with van der Waals surface area (Å²) >= 11 is 0. The van der Waals surface area contributed by atoms with Gasteiger partial charge in [-0.25, -0.2) is 4.79 Å². The number of aliphatic carboxylic acids is 2. The fourth-order valence-corrected chi connectivity index (χ4v) is 2.17. The standard InChI is InChI=1S/C16H29N5O8/c17-6-2-1-3-10(16(28)29)20-12(23)7-19-15(27)11(8-22)21-14(26)9(18)4-5-13(24)25/h9-11,22H,1-8,17-18H2,(H,19,27)(H,20,23)(H,21,26)(H,24,25)(H,28,29). The van der Waals surface area contributed by atoms with Gasteiger partial charge in [0.1, 0.15) is 12.1 Å². The summed E-state index contributed by atoms with van der Waals surface area (Å²) < 4.78 is 0. The van der Waals surface area contributed by atoms with Crippen LogP contribution in [0.1, 0.15) is 32.1 Å². The smallest absolute Gasteiger partial charge is 0.326 e. The zero-order chi connectivity index (χ0) is 22.4. The van der Waals surface area contributed by atoms with Crippen molar-refractivity contribution in [2.75, 3.05) is 19.7 Å². The molecular formula is C16H29N5O8. The molecule has 0 aromatic carbocycles. The van der Waals surface area contributed by atoms with Gasteiger partial charge in [0.2, 0.25) is 17.7 Å². The Labute approximate surface area is 167 Å². The fourth-order valence-electron chi connectivity index (χ4n) is 2.17. The summed E-state index contributed by atoms with van der Waals surface area (Å²) in [5.74, 6) is -4.86. The van der Waals surface area contributed by atoms with Gasteiger partial charge in [-0.05, 0) is 32.2 Å². The zero-order valence-corrected chi connectivity index (χ0v) is 15.9. The van der Waals surface area contributed by atoms with Crippen molar-refractivity contribution >= 4 is 29.7 Å². The van der Waals surface area contributed by atoms with E-state index in [2.05, 4.69) is 16.0 Å². The van der Waals surface area contributed by atoms with E-state index in [4.69, 9.17) is 21.7 Å². The van der Waals surface area contributed by atoms with Gasteiger partial charge in [-0.1, -0.05) is 0 Å². The van der Waals surface area contributed by atoms with Crippen LogP contribution < -0.4 is 27.4 Å². The monoisotopic (exact) mass is 419 g/mol. The molecule has 0 aromatic heterocycles. The Hall–Kier alpha value is -2.77. The maximum Gasteiger partial charge on any atom is 0.326 e. The van der Waals surface area contributed by atoms with Gasteiger partial charge in [-0.2, -0.15) is 0 Å². The van der Waals surface area contributed by atoms with Crippen molar-refractivity contribution in [2.24, 2.45) is 11.5 Å². The Morgan fingerprint density at radius 3 is 2.07 bits per heavy atom. The lowest BCUT2D eigenvalue weighted by atomic mass is 10.1. The average Bonchev–Trinajstić information content (AvgIpc) is 2.67. The molecule has 0 aliphatic heterocycles. The third-order valence-corrected chi connectivity index (χ3v) is 3.82. The van der Waals surface area contributed by atoms with Gasteiger partial charge < -0.3 is 42.7 Å². The second-order valence-corrected chi connectivity index (χ2v) is 6.24. The molecule has 0 radical (unpaired) electrons. The van der Waals surface area contributed by atoms with Crippen molar-refractivity contribution in [2.45, 2.75) is 50.2 Å². The summed E-state index contributed by atoms with van der Waals surface area (Å²) in [5, 5.41) is 33.5. The minimum atomic E-state index is -1.41. The van der Waals surface area contributed by atoms with Crippen molar-refractivity contribution < 1.29 is 39.3 Å². The predicted molar refractivity (Wildman–Crippen MR) is 99.3 cm³/mol. The summed E-state index contributed by atoms with van der Waals surface area (Å²) in [7, 11) is 0. The third kappa shape index (κ3) is 11.6. The molecule has 0 fully saturated rings. The SMILES string of the molecule is NCCCCC(NC(=O)CNC(=O)C(CO)NC(=O)C(N)CCC(=O)O)C(=O)O. The molecule has 0 aromatic rings. The highest BCUT2D eigenvalue weighted by molar-refractivity contribution is 5.92. The van der Waals surface area contributed by atoms with Gasteiger partial charge in [0, 0.05) is 6.42 Å². The summed E-state index contributed by atoms with van der Waals surface area (Å²) in [4.78, 5) is 57.3. The molecule has 10 N–H and O–H groups in total. The second-order valence-electron chi connectivity index (χ2n) is 6.24.